The molecule has 2 aliphatic carbocycles. The SMILES string of the molecule is COc1ccc2c(O[C@@H]3C[C@H]4C(=O)N[C@]5(C(=O)NS(=O)(=O)C6CC6)C[C@H]5C=CCCCCC[C@H](NC(=O)N5CCC(C)(C)C5)C(=O)N4C3)cc(-c3nc(C(C)C)cs3)nc2c1C. The zero-order chi connectivity index (χ0) is 44.1. The summed E-state index contributed by atoms with van der Waals surface area (Å²) in [6.45, 7) is 11.5. The van der Waals surface area contributed by atoms with E-state index in [1.807, 2.05) is 42.7 Å². The normalized spacial score (nSPS) is 26.6. The smallest absolute Gasteiger partial charge is 0.318 e. The number of hydrogen-bond acceptors (Lipinski definition) is 11. The number of aromatic nitrogens is 2. The van der Waals surface area contributed by atoms with Crippen LogP contribution in [0.5, 0.6) is 11.5 Å². The van der Waals surface area contributed by atoms with Crippen molar-refractivity contribution in [1.82, 2.24) is 35.1 Å². The maximum atomic E-state index is 14.9. The Morgan fingerprint density at radius 1 is 1.06 bits per heavy atom. The predicted octanol–water partition coefficient (Wildman–Crippen LogP) is 5.96. The third-order valence-electron chi connectivity index (χ3n) is 13.1. The number of carbonyl (C=O) groups is 4. The van der Waals surface area contributed by atoms with Crippen LogP contribution < -0.4 is 24.8 Å². The van der Waals surface area contributed by atoms with Gasteiger partial charge in [-0.25, -0.2) is 23.2 Å². The van der Waals surface area contributed by atoms with Gasteiger partial charge < -0.3 is 29.9 Å². The fourth-order valence-electron chi connectivity index (χ4n) is 9.03. The number of fused-ring (bicyclic) bond motifs is 3. The molecule has 0 bridgehead atoms. The minimum absolute atomic E-state index is 0.0155. The lowest BCUT2D eigenvalue weighted by Crippen LogP contribution is -2.58. The molecule has 0 spiro atoms. The molecule has 3 aliphatic heterocycles. The fraction of sp³-hybridized carbons (Fsp3) is 0.600. The van der Waals surface area contributed by atoms with Crippen molar-refractivity contribution >= 4 is 56.0 Å². The molecular weight excluding hydrogens is 831 g/mol. The Morgan fingerprint density at radius 2 is 1.85 bits per heavy atom. The molecule has 0 unspecified atom stereocenters. The Bertz CT molecular complexity index is 2390. The summed E-state index contributed by atoms with van der Waals surface area (Å²) in [5, 5.41) is 8.82. The minimum atomic E-state index is -3.91. The average molecular weight is 890 g/mol. The number of sulfonamides is 1. The van der Waals surface area contributed by atoms with Crippen LogP contribution in [0.3, 0.4) is 0 Å². The van der Waals surface area contributed by atoms with E-state index in [4.69, 9.17) is 19.4 Å². The zero-order valence-electron chi connectivity index (χ0n) is 36.5. The first-order valence-electron chi connectivity index (χ1n) is 22.0. The number of pyridine rings is 1. The maximum Gasteiger partial charge on any atom is 0.318 e. The zero-order valence-corrected chi connectivity index (χ0v) is 38.1. The van der Waals surface area contributed by atoms with Crippen LogP contribution in [0.2, 0.25) is 0 Å². The molecule has 15 nitrogen and oxygen atoms in total. The molecule has 0 radical (unpaired) electrons. The van der Waals surface area contributed by atoms with Gasteiger partial charge in [0.1, 0.15) is 45.9 Å². The van der Waals surface area contributed by atoms with Gasteiger partial charge in [-0.15, -0.1) is 11.3 Å². The Hall–Kier alpha value is -4.77. The summed E-state index contributed by atoms with van der Waals surface area (Å²) in [4.78, 5) is 70.5. The van der Waals surface area contributed by atoms with Crippen LogP contribution in [0.4, 0.5) is 4.79 Å². The number of rotatable bonds is 9. The molecule has 3 aromatic rings. The quantitative estimate of drug-likeness (QED) is 0.216. The fourth-order valence-corrected chi connectivity index (χ4v) is 11.3. The highest BCUT2D eigenvalue weighted by Crippen LogP contribution is 2.46. The van der Waals surface area contributed by atoms with Crippen molar-refractivity contribution in [3.63, 3.8) is 0 Å². The van der Waals surface area contributed by atoms with E-state index in [2.05, 4.69) is 43.1 Å². The van der Waals surface area contributed by atoms with Crippen LogP contribution in [-0.2, 0) is 24.4 Å². The highest BCUT2D eigenvalue weighted by Gasteiger charge is 2.62. The summed E-state index contributed by atoms with van der Waals surface area (Å²) in [5.74, 6) is -0.837. The second-order valence-corrected chi connectivity index (χ2v) is 21.7. The molecule has 62 heavy (non-hydrogen) atoms. The molecular formula is C45H59N7O8S2. The number of likely N-dealkylation sites (tertiary alicyclic amines) is 1. The van der Waals surface area contributed by atoms with Gasteiger partial charge in [0, 0.05) is 47.8 Å². The van der Waals surface area contributed by atoms with Gasteiger partial charge in [0.15, 0.2) is 0 Å². The molecule has 2 aromatic heterocycles. The van der Waals surface area contributed by atoms with Crippen LogP contribution in [0.25, 0.3) is 21.6 Å². The van der Waals surface area contributed by atoms with E-state index in [1.54, 1.807) is 12.0 Å². The minimum Gasteiger partial charge on any atom is -0.496 e. The second-order valence-electron chi connectivity index (χ2n) is 18.9. The topological polar surface area (TPSA) is 189 Å². The standard InChI is InChI=1S/C45H59N7O8S2/c1-26(2)34-24-61-40(47-34)33-21-37(31-16-17-36(59-6)27(3)38(31)46-33)60-29-20-35-39(53)49-45(42(55)50-62(57,58)30-14-15-30)22-28(45)12-10-8-7-9-11-13-32(41(54)52(35)23-29)48-43(56)51-19-18-44(4,5)25-51/h10,12,16-17,21,24,26,28-30,32,35H,7-9,11,13-15,18-20,22-23,25H2,1-6H3,(H,48,56)(H,49,53)(H,50,55)/t28-,29-,32+,35+,45-/m1/s1. The van der Waals surface area contributed by atoms with E-state index in [-0.39, 0.29) is 36.8 Å². The van der Waals surface area contributed by atoms with E-state index in [0.717, 1.165) is 35.5 Å². The summed E-state index contributed by atoms with van der Waals surface area (Å²) < 4.78 is 40.8. The summed E-state index contributed by atoms with van der Waals surface area (Å²) in [7, 11) is -2.30. The number of carbonyl (C=O) groups excluding carboxylic acids is 4. The van der Waals surface area contributed by atoms with Crippen molar-refractivity contribution in [3.05, 3.63) is 47.0 Å². The number of allylic oxidation sites excluding steroid dienone is 1. The number of nitrogens with one attached hydrogen (secondary N) is 3. The van der Waals surface area contributed by atoms with Crippen LogP contribution in [0, 0.1) is 18.3 Å². The summed E-state index contributed by atoms with van der Waals surface area (Å²) in [6, 6.07) is 3.24. The number of thiazole rings is 1. The number of nitrogens with zero attached hydrogens (tertiary/aromatic N) is 4. The van der Waals surface area contributed by atoms with Gasteiger partial charge in [-0.05, 0) is 75.3 Å². The van der Waals surface area contributed by atoms with Gasteiger partial charge in [-0.1, -0.05) is 52.7 Å². The lowest BCUT2D eigenvalue weighted by molar-refractivity contribution is -0.141. The van der Waals surface area contributed by atoms with Gasteiger partial charge >= 0.3 is 6.03 Å². The third-order valence-corrected chi connectivity index (χ3v) is 15.8. The molecule has 5 aliphatic rings. The van der Waals surface area contributed by atoms with Gasteiger partial charge in [0.05, 0.1) is 30.1 Å². The van der Waals surface area contributed by atoms with Gasteiger partial charge in [0.2, 0.25) is 21.8 Å². The monoisotopic (exact) mass is 889 g/mol. The van der Waals surface area contributed by atoms with E-state index in [9.17, 15) is 27.6 Å². The Balaban J connectivity index is 1.14. The second kappa shape index (κ2) is 17.1. The molecule has 5 amide bonds. The molecule has 5 heterocycles. The molecule has 8 rings (SSSR count). The molecule has 334 valence electrons. The molecule has 5 atom stereocenters. The number of benzene rings is 1. The molecule has 1 aromatic carbocycles. The largest absolute Gasteiger partial charge is 0.496 e. The van der Waals surface area contributed by atoms with Crippen LogP contribution in [0.15, 0.2) is 35.7 Å². The number of amides is 5. The van der Waals surface area contributed by atoms with Gasteiger partial charge in [-0.2, -0.15) is 0 Å². The maximum absolute atomic E-state index is 14.9. The van der Waals surface area contributed by atoms with E-state index in [0.29, 0.717) is 73.3 Å². The van der Waals surface area contributed by atoms with E-state index in [1.165, 1.54) is 16.2 Å². The molecule has 2 saturated heterocycles. The predicted molar refractivity (Wildman–Crippen MR) is 236 cm³/mol. The lowest BCUT2D eigenvalue weighted by Gasteiger charge is -2.31. The molecule has 2 saturated carbocycles. The summed E-state index contributed by atoms with van der Waals surface area (Å²) in [5.41, 5.74) is 1.48. The van der Waals surface area contributed by atoms with Gasteiger partial charge in [0.25, 0.3) is 5.91 Å². The molecule has 4 fully saturated rings. The van der Waals surface area contributed by atoms with Crippen molar-refractivity contribution in [3.8, 4) is 22.2 Å². The molecule has 17 heteroatoms. The number of hydrogen-bond donors (Lipinski definition) is 3. The number of urea groups is 1. The van der Waals surface area contributed by atoms with E-state index >= 15 is 0 Å². The van der Waals surface area contributed by atoms with Crippen LogP contribution in [0.1, 0.15) is 109 Å². The van der Waals surface area contributed by atoms with Gasteiger partial charge in [-0.3, -0.25) is 19.1 Å². The number of methoxy groups -OCH3 is 1. The first kappa shape index (κ1) is 43.9. The third kappa shape index (κ3) is 9.01. The highest BCUT2D eigenvalue weighted by atomic mass is 32.2. The van der Waals surface area contributed by atoms with Crippen LogP contribution >= 0.6 is 11.3 Å². The van der Waals surface area contributed by atoms with Crippen molar-refractivity contribution < 1.29 is 37.1 Å². The Labute approximate surface area is 367 Å². The lowest BCUT2D eigenvalue weighted by atomic mass is 9.93. The Morgan fingerprint density at radius 3 is 2.55 bits per heavy atom. The first-order chi connectivity index (χ1) is 29.5. The van der Waals surface area contributed by atoms with Crippen molar-refractivity contribution in [2.75, 3.05) is 26.7 Å². The Kier molecular flexibility index (Phi) is 12.1. The van der Waals surface area contributed by atoms with Crippen molar-refractivity contribution in [2.45, 2.75) is 134 Å². The number of aryl methyl sites for hydroxylation is 1. The van der Waals surface area contributed by atoms with Crippen molar-refractivity contribution in [2.24, 2.45) is 11.3 Å². The average Bonchev–Trinajstić information content (AvgIpc) is 4.04. The van der Waals surface area contributed by atoms with E-state index < -0.39 is 62.6 Å². The highest BCUT2D eigenvalue weighted by molar-refractivity contribution is 7.91. The first-order valence-corrected chi connectivity index (χ1v) is 24.4. The number of ether oxygens (including phenoxy) is 2. The summed E-state index contributed by atoms with van der Waals surface area (Å²) in [6.07, 6.45) is 8.62. The van der Waals surface area contributed by atoms with Crippen molar-refractivity contribution in [1.29, 1.82) is 0 Å². The molecule has 3 N–H and O–H groups in total. The summed E-state index contributed by atoms with van der Waals surface area (Å²) >= 11 is 1.49. The van der Waals surface area contributed by atoms with Crippen LogP contribution in [-0.4, -0.2) is 108 Å².